The zero-order chi connectivity index (χ0) is 23.7. The molecule has 1 saturated carbocycles. The predicted molar refractivity (Wildman–Crippen MR) is 132 cm³/mol. The van der Waals surface area contributed by atoms with Gasteiger partial charge < -0.3 is 14.4 Å². The average molecular weight is 486 g/mol. The predicted octanol–water partition coefficient (Wildman–Crippen LogP) is 4.67. The van der Waals surface area contributed by atoms with E-state index in [4.69, 9.17) is 26.1 Å². The normalized spacial score (nSPS) is 20.9. The maximum atomic E-state index is 12.8. The van der Waals surface area contributed by atoms with E-state index in [0.29, 0.717) is 29.3 Å². The second-order valence-corrected chi connectivity index (χ2v) is 9.73. The van der Waals surface area contributed by atoms with Gasteiger partial charge in [-0.05, 0) is 56.6 Å². The molecular weight excluding hydrogens is 454 g/mol. The molecule has 3 aliphatic rings. The molecule has 4 heterocycles. The summed E-state index contributed by atoms with van der Waals surface area (Å²) in [6.45, 7) is 4.75. The summed E-state index contributed by atoms with van der Waals surface area (Å²) in [5.41, 5.74) is 7.11. The molecule has 2 fully saturated rings. The minimum atomic E-state index is -0.402. The standard InChI is InChI=1S/C25H32ClN5O3/c1-3-34-25(32)19-14-20(30-11-8-16(9-12-30)15-33-2)22-23(17-5-4-6-17)29-31(24(22)28-19)18-7-10-27-21(26)13-18/h7,10,13-14,16-17,23,29H,3-6,8-9,11-12,15H2,1-2H3. The Balaban J connectivity index is 1.59. The number of halogens is 1. The van der Waals surface area contributed by atoms with E-state index in [1.54, 1.807) is 13.3 Å². The molecule has 2 aliphatic heterocycles. The first-order chi connectivity index (χ1) is 16.6. The van der Waals surface area contributed by atoms with Gasteiger partial charge >= 0.3 is 5.97 Å². The van der Waals surface area contributed by atoms with Gasteiger partial charge in [0.1, 0.15) is 5.15 Å². The maximum absolute atomic E-state index is 12.8. The SMILES string of the molecule is CCOC(=O)c1cc(N2CCC(COC)CC2)c2c(n1)N(c1ccnc(Cl)c1)NC2C1CCC1. The molecule has 2 aromatic heterocycles. The van der Waals surface area contributed by atoms with E-state index < -0.39 is 5.97 Å². The van der Waals surface area contributed by atoms with Crippen molar-refractivity contribution in [3.63, 3.8) is 0 Å². The molecule has 1 unspecified atom stereocenters. The van der Waals surface area contributed by atoms with Gasteiger partial charge in [-0.1, -0.05) is 18.0 Å². The van der Waals surface area contributed by atoms with Crippen molar-refractivity contribution in [2.45, 2.75) is 45.1 Å². The fourth-order valence-electron chi connectivity index (χ4n) is 5.25. The molecule has 0 radical (unpaired) electrons. The highest BCUT2D eigenvalue weighted by Gasteiger charge is 2.42. The van der Waals surface area contributed by atoms with Crippen LogP contribution in [0, 0.1) is 11.8 Å². The molecule has 0 spiro atoms. The van der Waals surface area contributed by atoms with Gasteiger partial charge in [0.25, 0.3) is 0 Å². The number of methoxy groups -OCH3 is 1. The molecule has 0 aromatic carbocycles. The number of fused-ring (bicyclic) bond motifs is 1. The third-order valence-electron chi connectivity index (χ3n) is 7.24. The summed E-state index contributed by atoms with van der Waals surface area (Å²) in [5, 5.41) is 2.38. The maximum Gasteiger partial charge on any atom is 0.357 e. The van der Waals surface area contributed by atoms with Crippen molar-refractivity contribution in [3.8, 4) is 0 Å². The molecule has 5 rings (SSSR count). The second kappa shape index (κ2) is 10.1. The van der Waals surface area contributed by atoms with E-state index in [2.05, 4.69) is 15.3 Å². The van der Waals surface area contributed by atoms with Crippen LogP contribution in [0.4, 0.5) is 17.2 Å². The van der Waals surface area contributed by atoms with Crippen LogP contribution in [0.15, 0.2) is 24.4 Å². The van der Waals surface area contributed by atoms with E-state index in [1.165, 1.54) is 19.3 Å². The lowest BCUT2D eigenvalue weighted by molar-refractivity contribution is 0.0519. The van der Waals surface area contributed by atoms with Crippen LogP contribution in [0.1, 0.15) is 61.1 Å². The number of nitrogens with one attached hydrogen (secondary N) is 1. The van der Waals surface area contributed by atoms with Crippen LogP contribution >= 0.6 is 11.6 Å². The molecular formula is C25H32ClN5O3. The fraction of sp³-hybridized carbons (Fsp3) is 0.560. The number of rotatable bonds is 7. The molecule has 182 valence electrons. The number of carbonyl (C=O) groups is 1. The molecule has 1 aliphatic carbocycles. The summed E-state index contributed by atoms with van der Waals surface area (Å²) >= 11 is 6.22. The number of anilines is 3. The first kappa shape index (κ1) is 23.3. The molecule has 1 N–H and O–H groups in total. The number of hydrazine groups is 1. The minimum absolute atomic E-state index is 0.131. The highest BCUT2D eigenvalue weighted by molar-refractivity contribution is 6.29. The summed E-state index contributed by atoms with van der Waals surface area (Å²) in [6, 6.07) is 5.78. The molecule has 1 atom stereocenters. The van der Waals surface area contributed by atoms with E-state index in [1.807, 2.05) is 30.1 Å². The molecule has 1 saturated heterocycles. The van der Waals surface area contributed by atoms with Crippen LogP contribution in [0.2, 0.25) is 5.15 Å². The number of piperidine rings is 1. The number of hydrogen-bond acceptors (Lipinski definition) is 8. The van der Waals surface area contributed by atoms with Gasteiger partial charge in [0.15, 0.2) is 11.5 Å². The van der Waals surface area contributed by atoms with Gasteiger partial charge in [0.05, 0.1) is 18.3 Å². The zero-order valence-electron chi connectivity index (χ0n) is 19.8. The van der Waals surface area contributed by atoms with Crippen molar-refractivity contribution < 1.29 is 14.3 Å². The number of esters is 1. The lowest BCUT2D eigenvalue weighted by atomic mass is 9.77. The topological polar surface area (TPSA) is 79.8 Å². The Labute approximate surface area is 205 Å². The van der Waals surface area contributed by atoms with Crippen LogP contribution in [-0.4, -0.2) is 49.4 Å². The van der Waals surface area contributed by atoms with Gasteiger partial charge in [0.2, 0.25) is 0 Å². The van der Waals surface area contributed by atoms with Gasteiger partial charge in [-0.3, -0.25) is 5.01 Å². The van der Waals surface area contributed by atoms with E-state index in [-0.39, 0.29) is 6.04 Å². The van der Waals surface area contributed by atoms with Crippen molar-refractivity contribution in [2.24, 2.45) is 11.8 Å². The molecule has 0 bridgehead atoms. The third kappa shape index (κ3) is 4.46. The lowest BCUT2D eigenvalue weighted by Crippen LogP contribution is -2.37. The minimum Gasteiger partial charge on any atom is -0.461 e. The highest BCUT2D eigenvalue weighted by Crippen LogP contribution is 2.50. The Bertz CT molecular complexity index is 1040. The van der Waals surface area contributed by atoms with Crippen LogP contribution in [0.3, 0.4) is 0 Å². The number of ether oxygens (including phenoxy) is 2. The Kier molecular flexibility index (Phi) is 6.90. The van der Waals surface area contributed by atoms with Crippen LogP contribution < -0.4 is 15.3 Å². The molecule has 34 heavy (non-hydrogen) atoms. The van der Waals surface area contributed by atoms with Crippen molar-refractivity contribution >= 4 is 34.8 Å². The number of pyridine rings is 2. The number of aromatic nitrogens is 2. The quantitative estimate of drug-likeness (QED) is 0.447. The van der Waals surface area contributed by atoms with Gasteiger partial charge in [-0.2, -0.15) is 0 Å². The summed E-state index contributed by atoms with van der Waals surface area (Å²) in [5.74, 6) is 1.44. The third-order valence-corrected chi connectivity index (χ3v) is 7.45. The number of carbonyl (C=O) groups excluding carboxylic acids is 1. The molecule has 8 nitrogen and oxygen atoms in total. The monoisotopic (exact) mass is 485 g/mol. The zero-order valence-corrected chi connectivity index (χ0v) is 20.6. The fourth-order valence-corrected chi connectivity index (χ4v) is 5.42. The second-order valence-electron chi connectivity index (χ2n) is 9.34. The average Bonchev–Trinajstić information content (AvgIpc) is 3.17. The lowest BCUT2D eigenvalue weighted by Gasteiger charge is -2.37. The summed E-state index contributed by atoms with van der Waals surface area (Å²) in [4.78, 5) is 24.2. The van der Waals surface area contributed by atoms with E-state index in [0.717, 1.165) is 55.3 Å². The Hall–Kier alpha value is -2.42. The number of nitrogens with zero attached hydrogens (tertiary/aromatic N) is 4. The highest BCUT2D eigenvalue weighted by atomic mass is 35.5. The summed E-state index contributed by atoms with van der Waals surface area (Å²) in [6.07, 6.45) is 7.40. The largest absolute Gasteiger partial charge is 0.461 e. The molecule has 9 heteroatoms. The van der Waals surface area contributed by atoms with E-state index >= 15 is 0 Å². The van der Waals surface area contributed by atoms with Crippen molar-refractivity contribution in [1.29, 1.82) is 0 Å². The van der Waals surface area contributed by atoms with Crippen molar-refractivity contribution in [3.05, 3.63) is 40.8 Å². The van der Waals surface area contributed by atoms with Crippen molar-refractivity contribution in [1.82, 2.24) is 15.4 Å². The Morgan fingerprint density at radius 2 is 2.03 bits per heavy atom. The summed E-state index contributed by atoms with van der Waals surface area (Å²) < 4.78 is 10.7. The molecule has 0 amide bonds. The first-order valence-corrected chi connectivity index (χ1v) is 12.6. The smallest absolute Gasteiger partial charge is 0.357 e. The van der Waals surface area contributed by atoms with Crippen molar-refractivity contribution in [2.75, 3.05) is 43.3 Å². The van der Waals surface area contributed by atoms with Gasteiger partial charge in [-0.25, -0.2) is 20.2 Å². The van der Waals surface area contributed by atoms with E-state index in [9.17, 15) is 4.79 Å². The Morgan fingerprint density at radius 3 is 2.68 bits per heavy atom. The van der Waals surface area contributed by atoms with Gasteiger partial charge in [0, 0.05) is 50.3 Å². The summed E-state index contributed by atoms with van der Waals surface area (Å²) in [7, 11) is 1.77. The number of hydrogen-bond donors (Lipinski definition) is 1. The molecule has 2 aromatic rings. The Morgan fingerprint density at radius 1 is 1.24 bits per heavy atom. The van der Waals surface area contributed by atoms with Crippen LogP contribution in [0.25, 0.3) is 0 Å². The van der Waals surface area contributed by atoms with Gasteiger partial charge in [-0.15, -0.1) is 0 Å². The van der Waals surface area contributed by atoms with Crippen LogP contribution in [0.5, 0.6) is 0 Å². The van der Waals surface area contributed by atoms with Crippen LogP contribution in [-0.2, 0) is 9.47 Å². The first-order valence-electron chi connectivity index (χ1n) is 12.2.